The van der Waals surface area contributed by atoms with Gasteiger partial charge in [-0.25, -0.2) is 4.39 Å². The first kappa shape index (κ1) is 12.7. The first-order chi connectivity index (χ1) is 9.63. The summed E-state index contributed by atoms with van der Waals surface area (Å²) in [7, 11) is 0. The quantitative estimate of drug-likeness (QED) is 0.638. The van der Waals surface area contributed by atoms with Gasteiger partial charge in [0.15, 0.2) is 0 Å². The topological polar surface area (TPSA) is 83.8 Å². The standard InChI is InChI=1S/C13H15FN6/c14-10-2-1-9(11(5-10)13(15)16)6-19-3-4-20-8-17-18-12(20)7-19/h1-2,5,8H,3-4,6-7H2,(H3,15,16). The van der Waals surface area contributed by atoms with Crippen molar-refractivity contribution < 1.29 is 4.39 Å². The van der Waals surface area contributed by atoms with Gasteiger partial charge in [0.05, 0.1) is 6.54 Å². The van der Waals surface area contributed by atoms with Gasteiger partial charge in [-0.15, -0.1) is 10.2 Å². The van der Waals surface area contributed by atoms with E-state index in [1.165, 1.54) is 12.1 Å². The van der Waals surface area contributed by atoms with Gasteiger partial charge in [-0.2, -0.15) is 0 Å². The molecule has 0 amide bonds. The van der Waals surface area contributed by atoms with Crippen LogP contribution in [0.1, 0.15) is 17.0 Å². The molecular formula is C13H15FN6. The summed E-state index contributed by atoms with van der Waals surface area (Å²) in [6, 6.07) is 4.39. The first-order valence-electron chi connectivity index (χ1n) is 6.35. The van der Waals surface area contributed by atoms with Crippen molar-refractivity contribution in [2.45, 2.75) is 19.6 Å². The molecule has 2 aromatic rings. The van der Waals surface area contributed by atoms with E-state index in [0.717, 1.165) is 24.5 Å². The van der Waals surface area contributed by atoms with Gasteiger partial charge in [0.2, 0.25) is 0 Å². The Morgan fingerprint density at radius 1 is 1.40 bits per heavy atom. The smallest absolute Gasteiger partial charge is 0.147 e. The monoisotopic (exact) mass is 274 g/mol. The van der Waals surface area contributed by atoms with Crippen molar-refractivity contribution in [2.75, 3.05) is 6.54 Å². The Morgan fingerprint density at radius 3 is 3.05 bits per heavy atom. The van der Waals surface area contributed by atoms with E-state index in [4.69, 9.17) is 11.1 Å². The minimum atomic E-state index is -0.377. The number of nitrogens with zero attached hydrogens (tertiary/aromatic N) is 4. The van der Waals surface area contributed by atoms with Gasteiger partial charge in [-0.3, -0.25) is 10.3 Å². The van der Waals surface area contributed by atoms with Crippen LogP contribution in [-0.2, 0) is 19.6 Å². The van der Waals surface area contributed by atoms with Crippen LogP contribution in [0.4, 0.5) is 4.39 Å². The van der Waals surface area contributed by atoms with Crippen LogP contribution in [0.15, 0.2) is 24.5 Å². The lowest BCUT2D eigenvalue weighted by Gasteiger charge is -2.27. The second-order valence-electron chi connectivity index (χ2n) is 4.87. The minimum absolute atomic E-state index is 0.111. The number of nitrogen functional groups attached to an aromatic ring is 1. The number of aromatic nitrogens is 3. The molecule has 1 aliphatic rings. The average Bonchev–Trinajstić information content (AvgIpc) is 2.88. The van der Waals surface area contributed by atoms with E-state index in [1.807, 2.05) is 4.57 Å². The van der Waals surface area contributed by atoms with Crippen molar-refractivity contribution in [3.05, 3.63) is 47.3 Å². The SMILES string of the molecule is N=C(N)c1cc(F)ccc1CN1CCn2cnnc2C1. The van der Waals surface area contributed by atoms with Gasteiger partial charge >= 0.3 is 0 Å². The Labute approximate surface area is 115 Å². The fourth-order valence-corrected chi connectivity index (χ4v) is 2.43. The molecule has 2 heterocycles. The highest BCUT2D eigenvalue weighted by Gasteiger charge is 2.19. The second kappa shape index (κ2) is 5.01. The van der Waals surface area contributed by atoms with Gasteiger partial charge in [-0.1, -0.05) is 6.07 Å². The Balaban J connectivity index is 1.81. The maximum atomic E-state index is 13.3. The lowest BCUT2D eigenvalue weighted by atomic mass is 10.1. The number of hydrogen-bond acceptors (Lipinski definition) is 4. The van der Waals surface area contributed by atoms with E-state index in [1.54, 1.807) is 12.4 Å². The Hall–Kier alpha value is -2.28. The molecule has 6 nitrogen and oxygen atoms in total. The summed E-state index contributed by atoms with van der Waals surface area (Å²) in [5.41, 5.74) is 6.83. The van der Waals surface area contributed by atoms with Crippen molar-refractivity contribution in [1.82, 2.24) is 19.7 Å². The van der Waals surface area contributed by atoms with Crippen molar-refractivity contribution in [3.8, 4) is 0 Å². The number of halogens is 1. The molecule has 0 saturated carbocycles. The van der Waals surface area contributed by atoms with Crippen LogP contribution < -0.4 is 5.73 Å². The Morgan fingerprint density at radius 2 is 2.25 bits per heavy atom. The third-order valence-electron chi connectivity index (χ3n) is 3.47. The largest absolute Gasteiger partial charge is 0.384 e. The van der Waals surface area contributed by atoms with E-state index >= 15 is 0 Å². The predicted octanol–water partition coefficient (Wildman–Crippen LogP) is 0.717. The summed E-state index contributed by atoms with van der Waals surface area (Å²) in [5, 5.41) is 15.5. The van der Waals surface area contributed by atoms with Crippen molar-refractivity contribution >= 4 is 5.84 Å². The molecule has 0 bridgehead atoms. The molecular weight excluding hydrogens is 259 g/mol. The van der Waals surface area contributed by atoms with E-state index in [0.29, 0.717) is 18.7 Å². The second-order valence-corrected chi connectivity index (χ2v) is 4.87. The van der Waals surface area contributed by atoms with E-state index in [9.17, 15) is 4.39 Å². The number of fused-ring (bicyclic) bond motifs is 1. The highest BCUT2D eigenvalue weighted by molar-refractivity contribution is 5.96. The molecule has 0 aliphatic carbocycles. The molecule has 1 aliphatic heterocycles. The van der Waals surface area contributed by atoms with Gasteiger partial charge in [0.1, 0.15) is 23.8 Å². The summed E-state index contributed by atoms with van der Waals surface area (Å²) in [4.78, 5) is 2.18. The molecule has 104 valence electrons. The molecule has 20 heavy (non-hydrogen) atoms. The van der Waals surface area contributed by atoms with Crippen LogP contribution in [0.3, 0.4) is 0 Å². The first-order valence-corrected chi connectivity index (χ1v) is 6.35. The van der Waals surface area contributed by atoms with Gasteiger partial charge < -0.3 is 10.3 Å². The molecule has 0 saturated heterocycles. The number of nitrogens with two attached hydrogens (primary N) is 1. The number of benzene rings is 1. The Bertz CT molecular complexity index is 650. The molecule has 0 atom stereocenters. The summed E-state index contributed by atoms with van der Waals surface area (Å²) in [6.45, 7) is 3.00. The summed E-state index contributed by atoms with van der Waals surface area (Å²) in [5.74, 6) is 0.430. The van der Waals surface area contributed by atoms with Gasteiger partial charge in [0, 0.05) is 25.2 Å². The zero-order chi connectivity index (χ0) is 14.1. The molecule has 0 radical (unpaired) electrons. The average molecular weight is 274 g/mol. The number of hydrogen-bond donors (Lipinski definition) is 2. The zero-order valence-electron chi connectivity index (χ0n) is 10.9. The molecule has 3 rings (SSSR count). The maximum Gasteiger partial charge on any atom is 0.147 e. The van der Waals surface area contributed by atoms with Crippen LogP contribution in [0, 0.1) is 11.2 Å². The molecule has 0 unspecified atom stereocenters. The lowest BCUT2D eigenvalue weighted by molar-refractivity contribution is 0.208. The van der Waals surface area contributed by atoms with Crippen molar-refractivity contribution in [1.29, 1.82) is 5.41 Å². The van der Waals surface area contributed by atoms with Crippen LogP contribution in [0.2, 0.25) is 0 Å². The molecule has 7 heteroatoms. The number of nitrogens with one attached hydrogen (secondary N) is 1. The molecule has 3 N–H and O–H groups in total. The summed E-state index contributed by atoms with van der Waals surface area (Å²) >= 11 is 0. The number of rotatable bonds is 3. The summed E-state index contributed by atoms with van der Waals surface area (Å²) < 4.78 is 15.3. The van der Waals surface area contributed by atoms with Gasteiger partial charge in [-0.05, 0) is 17.7 Å². The van der Waals surface area contributed by atoms with Crippen LogP contribution >= 0.6 is 0 Å². The van der Waals surface area contributed by atoms with Gasteiger partial charge in [0.25, 0.3) is 0 Å². The van der Waals surface area contributed by atoms with E-state index in [-0.39, 0.29) is 11.7 Å². The third kappa shape index (κ3) is 2.39. The fourth-order valence-electron chi connectivity index (χ4n) is 2.43. The zero-order valence-corrected chi connectivity index (χ0v) is 10.9. The van der Waals surface area contributed by atoms with Crippen molar-refractivity contribution in [3.63, 3.8) is 0 Å². The number of amidine groups is 1. The molecule has 1 aromatic carbocycles. The van der Waals surface area contributed by atoms with Crippen LogP contribution in [0.5, 0.6) is 0 Å². The van der Waals surface area contributed by atoms with Crippen LogP contribution in [0.25, 0.3) is 0 Å². The highest BCUT2D eigenvalue weighted by atomic mass is 19.1. The third-order valence-corrected chi connectivity index (χ3v) is 3.47. The lowest BCUT2D eigenvalue weighted by Crippen LogP contribution is -2.33. The Kier molecular flexibility index (Phi) is 3.19. The van der Waals surface area contributed by atoms with E-state index < -0.39 is 0 Å². The van der Waals surface area contributed by atoms with Crippen LogP contribution in [-0.4, -0.2) is 32.0 Å². The maximum absolute atomic E-state index is 13.3. The van der Waals surface area contributed by atoms with E-state index in [2.05, 4.69) is 15.1 Å². The molecule has 0 fully saturated rings. The van der Waals surface area contributed by atoms with Crippen molar-refractivity contribution in [2.24, 2.45) is 5.73 Å². The normalized spacial score (nSPS) is 15.1. The highest BCUT2D eigenvalue weighted by Crippen LogP contribution is 2.17. The fraction of sp³-hybridized carbons (Fsp3) is 0.308. The molecule has 1 aromatic heterocycles. The predicted molar refractivity (Wildman–Crippen MR) is 71.6 cm³/mol. The molecule has 0 spiro atoms. The summed E-state index contributed by atoms with van der Waals surface area (Å²) in [6.07, 6.45) is 1.73. The minimum Gasteiger partial charge on any atom is -0.384 e.